The Labute approximate surface area is 111 Å². The SMILES string of the molecule is CC1CCCN(C(=O)CCC2CCNC2)C1.Cl. The Morgan fingerprint density at radius 1 is 1.41 bits per heavy atom. The maximum Gasteiger partial charge on any atom is 0.222 e. The Kier molecular flexibility index (Phi) is 6.28. The van der Waals surface area contributed by atoms with Crippen LogP contribution in [0.15, 0.2) is 0 Å². The molecular weight excluding hydrogens is 236 g/mol. The van der Waals surface area contributed by atoms with Crippen molar-refractivity contribution in [3.05, 3.63) is 0 Å². The van der Waals surface area contributed by atoms with Crippen molar-refractivity contribution < 1.29 is 4.79 Å². The van der Waals surface area contributed by atoms with Crippen LogP contribution in [0.2, 0.25) is 0 Å². The van der Waals surface area contributed by atoms with Crippen LogP contribution in [0, 0.1) is 11.8 Å². The van der Waals surface area contributed by atoms with Crippen molar-refractivity contribution in [1.29, 1.82) is 0 Å². The van der Waals surface area contributed by atoms with Crippen LogP contribution in [0.1, 0.15) is 39.0 Å². The zero-order valence-corrected chi connectivity index (χ0v) is 11.6. The summed E-state index contributed by atoms with van der Waals surface area (Å²) < 4.78 is 0. The Morgan fingerprint density at radius 2 is 2.24 bits per heavy atom. The molecule has 17 heavy (non-hydrogen) atoms. The second kappa shape index (κ2) is 7.22. The van der Waals surface area contributed by atoms with Gasteiger partial charge in [-0.15, -0.1) is 12.4 Å². The number of halogens is 1. The van der Waals surface area contributed by atoms with E-state index in [1.54, 1.807) is 0 Å². The second-order valence-electron chi connectivity index (χ2n) is 5.48. The summed E-state index contributed by atoms with van der Waals surface area (Å²) in [5.41, 5.74) is 0. The second-order valence-corrected chi connectivity index (χ2v) is 5.48. The Bertz CT molecular complexity index is 242. The number of hydrogen-bond acceptors (Lipinski definition) is 2. The van der Waals surface area contributed by atoms with Crippen LogP contribution in [-0.2, 0) is 4.79 Å². The van der Waals surface area contributed by atoms with E-state index in [1.807, 2.05) is 0 Å². The normalized spacial score (nSPS) is 28.9. The average molecular weight is 261 g/mol. The Morgan fingerprint density at radius 3 is 2.88 bits per heavy atom. The van der Waals surface area contributed by atoms with E-state index < -0.39 is 0 Å². The molecule has 2 saturated heterocycles. The summed E-state index contributed by atoms with van der Waals surface area (Å²) in [6, 6.07) is 0. The van der Waals surface area contributed by atoms with Crippen molar-refractivity contribution in [1.82, 2.24) is 10.2 Å². The van der Waals surface area contributed by atoms with Gasteiger partial charge >= 0.3 is 0 Å². The number of nitrogens with zero attached hydrogens (tertiary/aromatic N) is 1. The zero-order valence-electron chi connectivity index (χ0n) is 10.8. The fraction of sp³-hybridized carbons (Fsp3) is 0.923. The third kappa shape index (κ3) is 4.47. The smallest absolute Gasteiger partial charge is 0.222 e. The summed E-state index contributed by atoms with van der Waals surface area (Å²) >= 11 is 0. The van der Waals surface area contributed by atoms with Gasteiger partial charge in [0, 0.05) is 19.5 Å². The minimum absolute atomic E-state index is 0. The van der Waals surface area contributed by atoms with E-state index in [2.05, 4.69) is 17.1 Å². The topological polar surface area (TPSA) is 32.3 Å². The summed E-state index contributed by atoms with van der Waals surface area (Å²) in [4.78, 5) is 14.1. The van der Waals surface area contributed by atoms with Crippen LogP contribution in [0.3, 0.4) is 0 Å². The van der Waals surface area contributed by atoms with Gasteiger partial charge in [0.25, 0.3) is 0 Å². The molecule has 2 heterocycles. The number of hydrogen-bond donors (Lipinski definition) is 1. The maximum atomic E-state index is 12.0. The molecule has 2 aliphatic rings. The van der Waals surface area contributed by atoms with Gasteiger partial charge in [-0.25, -0.2) is 0 Å². The minimum atomic E-state index is 0. The molecule has 1 N–H and O–H groups in total. The highest BCUT2D eigenvalue weighted by Crippen LogP contribution is 2.19. The van der Waals surface area contributed by atoms with Crippen LogP contribution >= 0.6 is 12.4 Å². The molecule has 0 aromatic carbocycles. The van der Waals surface area contributed by atoms with E-state index in [4.69, 9.17) is 0 Å². The van der Waals surface area contributed by atoms with Gasteiger partial charge in [-0.1, -0.05) is 6.92 Å². The summed E-state index contributed by atoms with van der Waals surface area (Å²) in [6.45, 7) is 6.48. The molecule has 0 aliphatic carbocycles. The van der Waals surface area contributed by atoms with E-state index in [0.29, 0.717) is 11.8 Å². The molecule has 2 atom stereocenters. The number of amides is 1. The molecule has 0 radical (unpaired) electrons. The first-order chi connectivity index (χ1) is 7.75. The lowest BCUT2D eigenvalue weighted by Crippen LogP contribution is -2.39. The lowest BCUT2D eigenvalue weighted by molar-refractivity contribution is -0.133. The number of carbonyl (C=O) groups excluding carboxylic acids is 1. The lowest BCUT2D eigenvalue weighted by Gasteiger charge is -2.31. The zero-order chi connectivity index (χ0) is 11.4. The molecule has 0 aromatic rings. The molecule has 2 aliphatic heterocycles. The number of carbonyl (C=O) groups is 1. The molecule has 2 rings (SSSR count). The molecule has 0 bridgehead atoms. The predicted molar refractivity (Wildman–Crippen MR) is 72.4 cm³/mol. The predicted octanol–water partition coefficient (Wildman–Crippen LogP) is 2.06. The monoisotopic (exact) mass is 260 g/mol. The highest BCUT2D eigenvalue weighted by molar-refractivity contribution is 5.85. The van der Waals surface area contributed by atoms with Gasteiger partial charge in [-0.2, -0.15) is 0 Å². The van der Waals surface area contributed by atoms with Crippen molar-refractivity contribution in [3.63, 3.8) is 0 Å². The van der Waals surface area contributed by atoms with E-state index in [0.717, 1.165) is 44.9 Å². The van der Waals surface area contributed by atoms with Gasteiger partial charge < -0.3 is 10.2 Å². The first kappa shape index (κ1) is 14.8. The van der Waals surface area contributed by atoms with Crippen LogP contribution in [-0.4, -0.2) is 37.0 Å². The molecule has 3 nitrogen and oxygen atoms in total. The molecule has 2 fully saturated rings. The molecule has 2 unspecified atom stereocenters. The number of rotatable bonds is 3. The van der Waals surface area contributed by atoms with Crippen LogP contribution in [0.25, 0.3) is 0 Å². The highest BCUT2D eigenvalue weighted by Gasteiger charge is 2.22. The lowest BCUT2D eigenvalue weighted by atomic mass is 9.98. The van der Waals surface area contributed by atoms with Gasteiger partial charge in [0.1, 0.15) is 0 Å². The summed E-state index contributed by atoms with van der Waals surface area (Å²) in [6.07, 6.45) is 5.58. The van der Waals surface area contributed by atoms with Crippen LogP contribution in [0.4, 0.5) is 0 Å². The highest BCUT2D eigenvalue weighted by atomic mass is 35.5. The van der Waals surface area contributed by atoms with Crippen molar-refractivity contribution >= 4 is 18.3 Å². The molecule has 0 aromatic heterocycles. The number of nitrogens with one attached hydrogen (secondary N) is 1. The quantitative estimate of drug-likeness (QED) is 0.843. The average Bonchev–Trinajstić information content (AvgIpc) is 2.78. The minimum Gasteiger partial charge on any atom is -0.342 e. The summed E-state index contributed by atoms with van der Waals surface area (Å²) in [5.74, 6) is 1.83. The fourth-order valence-corrected chi connectivity index (χ4v) is 2.86. The maximum absolute atomic E-state index is 12.0. The van der Waals surface area contributed by atoms with E-state index in [1.165, 1.54) is 19.3 Å². The molecular formula is C13H25ClN2O. The molecule has 100 valence electrons. The third-order valence-electron chi connectivity index (χ3n) is 3.94. The van der Waals surface area contributed by atoms with Gasteiger partial charge in [0.2, 0.25) is 5.91 Å². The van der Waals surface area contributed by atoms with Crippen LogP contribution in [0.5, 0.6) is 0 Å². The van der Waals surface area contributed by atoms with E-state index >= 15 is 0 Å². The fourth-order valence-electron chi connectivity index (χ4n) is 2.86. The summed E-state index contributed by atoms with van der Waals surface area (Å²) in [7, 11) is 0. The first-order valence-corrected chi connectivity index (χ1v) is 6.74. The van der Waals surface area contributed by atoms with Gasteiger partial charge in [-0.3, -0.25) is 4.79 Å². The standard InChI is InChI=1S/C13H24N2O.ClH/c1-11-3-2-8-15(10-11)13(16)5-4-12-6-7-14-9-12;/h11-12,14H,2-10H2,1H3;1H. The Balaban J connectivity index is 0.00000144. The van der Waals surface area contributed by atoms with Gasteiger partial charge in [0.15, 0.2) is 0 Å². The first-order valence-electron chi connectivity index (χ1n) is 6.74. The number of likely N-dealkylation sites (tertiary alicyclic amines) is 1. The van der Waals surface area contributed by atoms with Gasteiger partial charge in [0.05, 0.1) is 0 Å². The van der Waals surface area contributed by atoms with Crippen molar-refractivity contribution in [2.24, 2.45) is 11.8 Å². The molecule has 1 amide bonds. The van der Waals surface area contributed by atoms with E-state index in [-0.39, 0.29) is 12.4 Å². The molecule has 0 spiro atoms. The van der Waals surface area contributed by atoms with Crippen molar-refractivity contribution in [2.75, 3.05) is 26.2 Å². The number of piperidine rings is 1. The van der Waals surface area contributed by atoms with Crippen molar-refractivity contribution in [2.45, 2.75) is 39.0 Å². The largest absolute Gasteiger partial charge is 0.342 e. The van der Waals surface area contributed by atoms with E-state index in [9.17, 15) is 4.79 Å². The molecule has 4 heteroatoms. The molecule has 0 saturated carbocycles. The Hall–Kier alpha value is -0.280. The van der Waals surface area contributed by atoms with Gasteiger partial charge in [-0.05, 0) is 50.6 Å². The van der Waals surface area contributed by atoms with Crippen molar-refractivity contribution in [3.8, 4) is 0 Å². The summed E-state index contributed by atoms with van der Waals surface area (Å²) in [5, 5.41) is 3.36. The van der Waals surface area contributed by atoms with Crippen LogP contribution < -0.4 is 5.32 Å². The third-order valence-corrected chi connectivity index (χ3v) is 3.94.